The molecule has 0 spiro atoms. The summed E-state index contributed by atoms with van der Waals surface area (Å²) in [5.41, 5.74) is 4.33. The number of anilines is 1. The highest BCUT2D eigenvalue weighted by molar-refractivity contribution is 8.02. The predicted octanol–water partition coefficient (Wildman–Crippen LogP) is 4.74. The zero-order chi connectivity index (χ0) is 47.4. The molecule has 1 aliphatic heterocycles. The lowest BCUT2D eigenvalue weighted by Gasteiger charge is -2.30. The standard InChI is InChI=1S/C37H66N7O16P3S/c1-4-5-6-7-8-9-10-11-12-13-14-15-16-17-21-64-22-20-39-28(45)18-19-40-35(48)32(47)37(2,3)24-57-63(54,55)60-62(52,53)56-23-27-31(59-61(49,50)51)30(46)36(58-27)44-26-43-29-33(38)41-25-42-34(29)44/h17,21,25-27,30-32,36,46-47H,4-16,18-20,22-24H2,1-3H3,(H,39,45)(H,40,48)(H,52,53)(H,54,55)(H2,38,41,42)(H2,49,50,51)/t27-,30-,31-,32+,36-/m1/s1. The minimum atomic E-state index is -5.56. The summed E-state index contributed by atoms with van der Waals surface area (Å²) in [7, 11) is -16.4. The van der Waals surface area contributed by atoms with Crippen molar-refractivity contribution in [3.63, 3.8) is 0 Å². The van der Waals surface area contributed by atoms with E-state index in [9.17, 15) is 53.1 Å². The van der Waals surface area contributed by atoms with Crippen LogP contribution >= 0.6 is 35.2 Å². The quantitative estimate of drug-likeness (QED) is 0.0344. The number of fused-ring (bicyclic) bond motifs is 1. The van der Waals surface area contributed by atoms with Crippen molar-refractivity contribution in [2.45, 2.75) is 141 Å². The number of amides is 2. The number of carbonyl (C=O) groups excluding carboxylic acids is 2. The number of allylic oxidation sites excluding steroid dienone is 1. The van der Waals surface area contributed by atoms with E-state index in [1.165, 1.54) is 84.5 Å². The molecule has 366 valence electrons. The van der Waals surface area contributed by atoms with Gasteiger partial charge in [0.25, 0.3) is 0 Å². The van der Waals surface area contributed by atoms with Crippen LogP contribution in [0.5, 0.6) is 0 Å². The van der Waals surface area contributed by atoms with E-state index in [2.05, 4.69) is 47.4 Å². The van der Waals surface area contributed by atoms with Crippen molar-refractivity contribution >= 4 is 64.0 Å². The molecule has 0 aliphatic carbocycles. The Morgan fingerprint density at radius 1 is 0.938 bits per heavy atom. The highest BCUT2D eigenvalue weighted by atomic mass is 32.2. The van der Waals surface area contributed by atoms with Gasteiger partial charge in [0.2, 0.25) is 11.8 Å². The van der Waals surface area contributed by atoms with E-state index in [0.717, 1.165) is 30.1 Å². The van der Waals surface area contributed by atoms with Crippen molar-refractivity contribution < 1.29 is 75.7 Å². The van der Waals surface area contributed by atoms with Crippen molar-refractivity contribution in [3.8, 4) is 0 Å². The van der Waals surface area contributed by atoms with Crippen molar-refractivity contribution in [1.82, 2.24) is 30.2 Å². The van der Waals surface area contributed by atoms with Crippen LogP contribution < -0.4 is 16.4 Å². The van der Waals surface area contributed by atoms with Crippen LogP contribution in [0.4, 0.5) is 5.82 Å². The van der Waals surface area contributed by atoms with E-state index >= 15 is 0 Å². The van der Waals surface area contributed by atoms with Gasteiger partial charge in [0.15, 0.2) is 17.7 Å². The van der Waals surface area contributed by atoms with E-state index in [0.29, 0.717) is 12.3 Å². The van der Waals surface area contributed by atoms with Crippen LogP contribution in [0.3, 0.4) is 0 Å². The van der Waals surface area contributed by atoms with Gasteiger partial charge in [-0.3, -0.25) is 27.7 Å². The molecule has 1 fully saturated rings. The van der Waals surface area contributed by atoms with E-state index < -0.39 is 78.6 Å². The third kappa shape index (κ3) is 20.2. The largest absolute Gasteiger partial charge is 0.481 e. The van der Waals surface area contributed by atoms with Crippen LogP contribution in [0, 0.1) is 5.41 Å². The van der Waals surface area contributed by atoms with Gasteiger partial charge < -0.3 is 50.9 Å². The first kappa shape index (κ1) is 56.0. The molecule has 10 N–H and O–H groups in total. The van der Waals surface area contributed by atoms with Crippen LogP contribution in [0.1, 0.15) is 117 Å². The Morgan fingerprint density at radius 3 is 2.20 bits per heavy atom. The number of hydrogen-bond donors (Lipinski definition) is 9. The normalized spacial score (nSPS) is 20.6. The maximum atomic E-state index is 12.7. The third-order valence-corrected chi connectivity index (χ3v) is 14.0. The highest BCUT2D eigenvalue weighted by Gasteiger charge is 2.50. The number of unbranched alkanes of at least 4 members (excludes halogenated alkanes) is 12. The number of aliphatic hydroxyl groups is 2. The van der Waals surface area contributed by atoms with Gasteiger partial charge in [0.1, 0.15) is 36.3 Å². The van der Waals surface area contributed by atoms with Crippen LogP contribution in [-0.4, -0.2) is 118 Å². The molecule has 3 rings (SSSR count). The molecule has 27 heteroatoms. The first-order valence-electron chi connectivity index (χ1n) is 21.3. The van der Waals surface area contributed by atoms with Crippen LogP contribution in [0.15, 0.2) is 24.1 Å². The SMILES string of the molecule is CCCCCCCCCCCCCCC=CSCCNC(=O)CCNC(=O)[C@H](O)C(C)(C)COP(=O)(O)OP(=O)(O)OC[C@H]1O[C@@H](n2cnc3c(N)ncnc32)[C@H](O)[C@@H]1OP(=O)(O)O. The molecule has 23 nitrogen and oxygen atoms in total. The molecule has 2 aromatic heterocycles. The lowest BCUT2D eigenvalue weighted by molar-refractivity contribution is -0.137. The maximum Gasteiger partial charge on any atom is 0.481 e. The number of carbonyl (C=O) groups is 2. The van der Waals surface area contributed by atoms with Crippen LogP contribution in [0.2, 0.25) is 0 Å². The van der Waals surface area contributed by atoms with Gasteiger partial charge in [-0.15, -0.1) is 11.8 Å². The summed E-state index contributed by atoms with van der Waals surface area (Å²) in [4.78, 5) is 76.1. The Kier molecular flexibility index (Phi) is 24.0. The number of nitrogens with two attached hydrogens (primary N) is 1. The summed E-state index contributed by atoms with van der Waals surface area (Å²) in [6.45, 7) is 3.13. The van der Waals surface area contributed by atoms with Gasteiger partial charge >= 0.3 is 23.5 Å². The molecule has 0 saturated carbocycles. The Morgan fingerprint density at radius 2 is 1.56 bits per heavy atom. The fraction of sp³-hybridized carbons (Fsp3) is 0.757. The zero-order valence-corrected chi connectivity index (χ0v) is 40.0. The van der Waals surface area contributed by atoms with Gasteiger partial charge in [-0.25, -0.2) is 28.6 Å². The van der Waals surface area contributed by atoms with Crippen molar-refractivity contribution in [2.24, 2.45) is 5.41 Å². The molecule has 2 amide bonds. The second-order valence-electron chi connectivity index (χ2n) is 16.0. The topological polar surface area (TPSA) is 347 Å². The molecule has 2 aromatic rings. The number of nitrogens with one attached hydrogen (secondary N) is 2. The van der Waals surface area contributed by atoms with Crippen LogP contribution in [0.25, 0.3) is 11.2 Å². The maximum absolute atomic E-state index is 12.7. The van der Waals surface area contributed by atoms with E-state index in [1.54, 1.807) is 11.8 Å². The van der Waals surface area contributed by atoms with Gasteiger partial charge in [0, 0.05) is 30.7 Å². The molecule has 1 aliphatic rings. The molecular weight excluding hydrogens is 923 g/mol. The number of aliphatic hydroxyl groups excluding tert-OH is 2. The minimum Gasteiger partial charge on any atom is -0.386 e. The first-order chi connectivity index (χ1) is 30.2. The van der Waals surface area contributed by atoms with Gasteiger partial charge in [-0.05, 0) is 18.2 Å². The van der Waals surface area contributed by atoms with E-state index in [1.807, 2.05) is 5.41 Å². The summed E-state index contributed by atoms with van der Waals surface area (Å²) in [5.74, 6) is -0.610. The monoisotopic (exact) mass is 989 g/mol. The number of nitrogen functional groups attached to an aromatic ring is 1. The lowest BCUT2D eigenvalue weighted by atomic mass is 9.87. The van der Waals surface area contributed by atoms with Crippen molar-refractivity contribution in [2.75, 3.05) is 37.8 Å². The molecule has 7 atom stereocenters. The van der Waals surface area contributed by atoms with E-state index in [-0.39, 0.29) is 35.9 Å². The molecule has 0 radical (unpaired) electrons. The molecular formula is C37H66N7O16P3S. The summed E-state index contributed by atoms with van der Waals surface area (Å²) in [6, 6.07) is 0. The fourth-order valence-electron chi connectivity index (χ4n) is 6.50. The summed E-state index contributed by atoms with van der Waals surface area (Å²) < 4.78 is 62.4. The fourth-order valence-corrected chi connectivity index (χ4v) is 9.95. The molecule has 2 unspecified atom stereocenters. The Labute approximate surface area is 377 Å². The summed E-state index contributed by atoms with van der Waals surface area (Å²) >= 11 is 1.59. The number of nitrogens with zero attached hydrogens (tertiary/aromatic N) is 4. The summed E-state index contributed by atoms with van der Waals surface area (Å²) in [6.07, 6.45) is 12.2. The lowest BCUT2D eigenvalue weighted by Crippen LogP contribution is -2.46. The van der Waals surface area contributed by atoms with Crippen molar-refractivity contribution in [3.05, 3.63) is 24.1 Å². The molecule has 0 aromatic carbocycles. The predicted molar refractivity (Wildman–Crippen MR) is 237 cm³/mol. The Bertz CT molecular complexity index is 1920. The van der Waals surface area contributed by atoms with E-state index in [4.69, 9.17) is 19.5 Å². The number of phosphoric acid groups is 3. The second-order valence-corrected chi connectivity index (χ2v) is 21.2. The number of ether oxygens (including phenoxy) is 1. The van der Waals surface area contributed by atoms with Gasteiger partial charge in [-0.1, -0.05) is 97.5 Å². The average Bonchev–Trinajstić information content (AvgIpc) is 3.78. The molecule has 0 bridgehead atoms. The number of rotatable bonds is 33. The first-order valence-corrected chi connectivity index (χ1v) is 26.9. The molecule has 3 heterocycles. The van der Waals surface area contributed by atoms with Crippen molar-refractivity contribution in [1.29, 1.82) is 0 Å². The highest BCUT2D eigenvalue weighted by Crippen LogP contribution is 2.61. The number of thioether (sulfide) groups is 1. The molecule has 1 saturated heterocycles. The third-order valence-electron chi connectivity index (χ3n) is 10.0. The average molecular weight is 990 g/mol. The molecule has 64 heavy (non-hydrogen) atoms. The summed E-state index contributed by atoms with van der Waals surface area (Å²) in [5, 5.41) is 28.8. The van der Waals surface area contributed by atoms with Gasteiger partial charge in [0.05, 0.1) is 19.5 Å². The number of aromatic nitrogens is 4. The minimum absolute atomic E-state index is 0.0332. The Balaban J connectivity index is 1.32. The number of imidazole rings is 1. The van der Waals surface area contributed by atoms with Crippen LogP contribution in [-0.2, 0) is 45.9 Å². The number of hydrogen-bond acceptors (Lipinski definition) is 17. The zero-order valence-electron chi connectivity index (χ0n) is 36.5. The second kappa shape index (κ2) is 27.4. The van der Waals surface area contributed by atoms with Gasteiger partial charge in [-0.2, -0.15) is 4.31 Å². The Hall–Kier alpha value is -2.37. The smallest absolute Gasteiger partial charge is 0.386 e. The number of phosphoric ester groups is 3.